The number of rotatable bonds is 2. The van der Waals surface area contributed by atoms with Crippen LogP contribution in [0.2, 0.25) is 0 Å². The highest BCUT2D eigenvalue weighted by Gasteiger charge is 2.23. The molecule has 16 heavy (non-hydrogen) atoms. The van der Waals surface area contributed by atoms with Gasteiger partial charge in [0.25, 0.3) is 0 Å². The van der Waals surface area contributed by atoms with Crippen molar-refractivity contribution in [3.8, 4) is 0 Å². The molecule has 0 saturated heterocycles. The van der Waals surface area contributed by atoms with E-state index >= 15 is 0 Å². The van der Waals surface area contributed by atoms with Crippen molar-refractivity contribution in [1.29, 1.82) is 0 Å². The Morgan fingerprint density at radius 1 is 1.12 bits per heavy atom. The van der Waals surface area contributed by atoms with Gasteiger partial charge in [-0.05, 0) is 36.5 Å². The Balaban J connectivity index is 0.00000128. The first kappa shape index (κ1) is 13.4. The molecule has 0 aromatic heterocycles. The molecule has 1 aliphatic rings. The van der Waals surface area contributed by atoms with Crippen LogP contribution in [0.4, 0.5) is 8.78 Å². The Kier molecular flexibility index (Phi) is 4.69. The lowest BCUT2D eigenvalue weighted by molar-refractivity contribution is 0.439. The summed E-state index contributed by atoms with van der Waals surface area (Å²) in [5, 5.41) is 0. The Morgan fingerprint density at radius 2 is 1.75 bits per heavy atom. The average molecular weight is 248 g/mol. The number of benzene rings is 1. The molecule has 0 bridgehead atoms. The molecule has 0 radical (unpaired) electrons. The summed E-state index contributed by atoms with van der Waals surface area (Å²) in [6, 6.07) is 3.81. The quantitative estimate of drug-likeness (QED) is 0.850. The van der Waals surface area contributed by atoms with Gasteiger partial charge in [-0.3, -0.25) is 0 Å². The lowest BCUT2D eigenvalue weighted by Gasteiger charge is -2.19. The van der Waals surface area contributed by atoms with Crippen molar-refractivity contribution in [2.75, 3.05) is 0 Å². The number of halogens is 3. The minimum Gasteiger partial charge on any atom is -0.324 e. The predicted octanol–water partition coefficient (Wildman–Crippen LogP) is 3.58. The van der Waals surface area contributed by atoms with E-state index in [1.165, 1.54) is 18.9 Å². The van der Waals surface area contributed by atoms with Crippen LogP contribution in [0.1, 0.15) is 37.3 Å². The lowest BCUT2D eigenvalue weighted by atomic mass is 9.92. The molecule has 90 valence electrons. The summed E-state index contributed by atoms with van der Waals surface area (Å²) in [6.07, 6.45) is 4.59. The van der Waals surface area contributed by atoms with Gasteiger partial charge in [-0.1, -0.05) is 18.9 Å². The van der Waals surface area contributed by atoms with Crippen molar-refractivity contribution in [2.24, 2.45) is 11.7 Å². The first-order chi connectivity index (χ1) is 7.18. The van der Waals surface area contributed by atoms with Crippen LogP contribution >= 0.6 is 12.4 Å². The molecule has 1 saturated carbocycles. The summed E-state index contributed by atoms with van der Waals surface area (Å²) >= 11 is 0. The van der Waals surface area contributed by atoms with Gasteiger partial charge >= 0.3 is 0 Å². The molecule has 1 fully saturated rings. The SMILES string of the molecule is Cl.N[C@@H](c1ccc(F)c(F)c1)C1CCCC1. The predicted molar refractivity (Wildman–Crippen MR) is 62.5 cm³/mol. The van der Waals surface area contributed by atoms with Crippen LogP contribution < -0.4 is 5.73 Å². The second-order valence-electron chi connectivity index (χ2n) is 4.24. The highest BCUT2D eigenvalue weighted by atomic mass is 35.5. The second-order valence-corrected chi connectivity index (χ2v) is 4.24. The Hall–Kier alpha value is -0.670. The largest absolute Gasteiger partial charge is 0.324 e. The molecule has 0 spiro atoms. The zero-order valence-electron chi connectivity index (χ0n) is 8.96. The second kappa shape index (κ2) is 5.60. The Bertz CT molecular complexity index is 351. The maximum atomic E-state index is 13.0. The summed E-state index contributed by atoms with van der Waals surface area (Å²) < 4.78 is 25.7. The summed E-state index contributed by atoms with van der Waals surface area (Å²) in [5.41, 5.74) is 6.74. The molecule has 1 aliphatic carbocycles. The molecule has 1 aromatic carbocycles. The van der Waals surface area contributed by atoms with Gasteiger partial charge in [0.15, 0.2) is 11.6 Å². The van der Waals surface area contributed by atoms with Crippen LogP contribution in [0.3, 0.4) is 0 Å². The number of nitrogens with two attached hydrogens (primary N) is 1. The zero-order valence-corrected chi connectivity index (χ0v) is 9.77. The van der Waals surface area contributed by atoms with E-state index in [2.05, 4.69) is 0 Å². The summed E-state index contributed by atoms with van der Waals surface area (Å²) in [5.74, 6) is -1.19. The van der Waals surface area contributed by atoms with E-state index in [9.17, 15) is 8.78 Å². The zero-order chi connectivity index (χ0) is 10.8. The number of hydrogen-bond donors (Lipinski definition) is 1. The highest BCUT2D eigenvalue weighted by molar-refractivity contribution is 5.85. The third-order valence-corrected chi connectivity index (χ3v) is 3.24. The van der Waals surface area contributed by atoms with E-state index in [1.807, 2.05) is 0 Å². The van der Waals surface area contributed by atoms with Crippen molar-refractivity contribution >= 4 is 12.4 Å². The molecule has 2 rings (SSSR count). The van der Waals surface area contributed by atoms with Crippen LogP contribution in [-0.2, 0) is 0 Å². The molecule has 1 nitrogen and oxygen atoms in total. The summed E-state index contributed by atoms with van der Waals surface area (Å²) in [4.78, 5) is 0. The molecule has 1 aromatic rings. The lowest BCUT2D eigenvalue weighted by Crippen LogP contribution is -2.19. The van der Waals surface area contributed by atoms with Crippen LogP contribution in [0.15, 0.2) is 18.2 Å². The third kappa shape index (κ3) is 2.71. The van der Waals surface area contributed by atoms with Gasteiger partial charge in [0.1, 0.15) is 0 Å². The molecule has 4 heteroatoms. The van der Waals surface area contributed by atoms with E-state index in [-0.39, 0.29) is 18.4 Å². The average Bonchev–Trinajstić information content (AvgIpc) is 2.74. The summed E-state index contributed by atoms with van der Waals surface area (Å²) in [7, 11) is 0. The van der Waals surface area contributed by atoms with Gasteiger partial charge in [-0.15, -0.1) is 12.4 Å². The van der Waals surface area contributed by atoms with Crippen molar-refractivity contribution in [2.45, 2.75) is 31.7 Å². The Labute approximate surface area is 100 Å². The smallest absolute Gasteiger partial charge is 0.159 e. The standard InChI is InChI=1S/C12H15F2N.ClH/c13-10-6-5-9(7-11(10)14)12(15)8-3-1-2-4-8;/h5-8,12H,1-4,15H2;1H/t12-;/m1./s1. The van der Waals surface area contributed by atoms with Crippen molar-refractivity contribution in [3.63, 3.8) is 0 Å². The molecule has 1 atom stereocenters. The topological polar surface area (TPSA) is 26.0 Å². The fourth-order valence-electron chi connectivity index (χ4n) is 2.31. The fourth-order valence-corrected chi connectivity index (χ4v) is 2.31. The molecule has 0 amide bonds. The number of hydrogen-bond acceptors (Lipinski definition) is 1. The normalized spacial score (nSPS) is 18.2. The molecule has 0 heterocycles. The van der Waals surface area contributed by atoms with E-state index < -0.39 is 11.6 Å². The third-order valence-electron chi connectivity index (χ3n) is 3.24. The van der Waals surface area contributed by atoms with Crippen LogP contribution in [0.25, 0.3) is 0 Å². The monoisotopic (exact) mass is 247 g/mol. The first-order valence-corrected chi connectivity index (χ1v) is 5.39. The maximum Gasteiger partial charge on any atom is 0.159 e. The highest BCUT2D eigenvalue weighted by Crippen LogP contribution is 2.34. The molecule has 0 unspecified atom stereocenters. The van der Waals surface area contributed by atoms with E-state index in [1.54, 1.807) is 6.07 Å². The van der Waals surface area contributed by atoms with E-state index in [0.717, 1.165) is 18.9 Å². The minimum absolute atomic E-state index is 0. The molecular weight excluding hydrogens is 232 g/mol. The van der Waals surface area contributed by atoms with Gasteiger partial charge in [0.05, 0.1) is 0 Å². The van der Waals surface area contributed by atoms with E-state index in [4.69, 9.17) is 5.73 Å². The molecule has 2 N–H and O–H groups in total. The summed E-state index contributed by atoms with van der Waals surface area (Å²) in [6.45, 7) is 0. The van der Waals surface area contributed by atoms with Crippen molar-refractivity contribution in [1.82, 2.24) is 0 Å². The van der Waals surface area contributed by atoms with Crippen LogP contribution in [-0.4, -0.2) is 0 Å². The molecule has 0 aliphatic heterocycles. The van der Waals surface area contributed by atoms with E-state index in [0.29, 0.717) is 11.5 Å². The van der Waals surface area contributed by atoms with Gasteiger partial charge < -0.3 is 5.73 Å². The fraction of sp³-hybridized carbons (Fsp3) is 0.500. The van der Waals surface area contributed by atoms with Crippen molar-refractivity contribution < 1.29 is 8.78 Å². The van der Waals surface area contributed by atoms with Gasteiger partial charge in [-0.2, -0.15) is 0 Å². The first-order valence-electron chi connectivity index (χ1n) is 5.39. The maximum absolute atomic E-state index is 13.0. The van der Waals surface area contributed by atoms with Gasteiger partial charge in [-0.25, -0.2) is 8.78 Å². The van der Waals surface area contributed by atoms with Crippen LogP contribution in [0.5, 0.6) is 0 Å². The van der Waals surface area contributed by atoms with Gasteiger partial charge in [0.2, 0.25) is 0 Å². The van der Waals surface area contributed by atoms with Crippen LogP contribution in [0, 0.1) is 17.6 Å². The molecular formula is C12H16ClF2N. The minimum atomic E-state index is -0.808. The Morgan fingerprint density at radius 3 is 2.31 bits per heavy atom. The van der Waals surface area contributed by atoms with Crippen molar-refractivity contribution in [3.05, 3.63) is 35.4 Å². The van der Waals surface area contributed by atoms with Gasteiger partial charge in [0, 0.05) is 6.04 Å².